The third-order valence-corrected chi connectivity index (χ3v) is 5.88. The van der Waals surface area contributed by atoms with Crippen LogP contribution in [0.3, 0.4) is 0 Å². The number of aromatic nitrogens is 1. The van der Waals surface area contributed by atoms with Crippen molar-refractivity contribution in [2.45, 2.75) is 0 Å². The Hall–Kier alpha value is -2.96. The number of thiazole rings is 1. The molecule has 1 aromatic heterocycles. The number of nitrogens with zero attached hydrogens (tertiary/aromatic N) is 1. The van der Waals surface area contributed by atoms with E-state index in [1.54, 1.807) is 25.3 Å². The van der Waals surface area contributed by atoms with Crippen molar-refractivity contribution in [3.63, 3.8) is 0 Å². The van der Waals surface area contributed by atoms with Gasteiger partial charge in [0.2, 0.25) is 0 Å². The third-order valence-electron chi connectivity index (χ3n) is 4.43. The van der Waals surface area contributed by atoms with Crippen LogP contribution in [0.1, 0.15) is 10.4 Å². The molecule has 0 fully saturated rings. The SMILES string of the molecule is COc1ccc(Br)c(C(=O)Nc2nc(-c3ccc(-c4ccccc4)cc3)cs2)c1. The summed E-state index contributed by atoms with van der Waals surface area (Å²) in [7, 11) is 1.57. The number of hydrogen-bond donors (Lipinski definition) is 1. The molecule has 1 amide bonds. The van der Waals surface area contributed by atoms with E-state index in [1.807, 2.05) is 35.7 Å². The molecule has 0 aliphatic heterocycles. The van der Waals surface area contributed by atoms with Crippen molar-refractivity contribution in [3.8, 4) is 28.1 Å². The highest BCUT2D eigenvalue weighted by atomic mass is 79.9. The quantitative estimate of drug-likeness (QED) is 0.366. The minimum absolute atomic E-state index is 0.240. The lowest BCUT2D eigenvalue weighted by Crippen LogP contribution is -2.12. The monoisotopic (exact) mass is 464 g/mol. The zero-order valence-corrected chi connectivity index (χ0v) is 18.0. The number of carbonyl (C=O) groups is 1. The Morgan fingerprint density at radius 3 is 2.38 bits per heavy atom. The fourth-order valence-corrected chi connectivity index (χ4v) is 4.04. The summed E-state index contributed by atoms with van der Waals surface area (Å²) in [5.74, 6) is 0.382. The van der Waals surface area contributed by atoms with Gasteiger partial charge in [-0.1, -0.05) is 54.6 Å². The van der Waals surface area contributed by atoms with Crippen LogP contribution in [-0.4, -0.2) is 18.0 Å². The van der Waals surface area contributed by atoms with E-state index in [2.05, 4.69) is 50.5 Å². The first-order valence-corrected chi connectivity index (χ1v) is 10.6. The average Bonchev–Trinajstić information content (AvgIpc) is 3.23. The molecule has 0 aliphatic rings. The summed E-state index contributed by atoms with van der Waals surface area (Å²) in [5, 5.41) is 5.35. The van der Waals surface area contributed by atoms with Gasteiger partial charge in [-0.15, -0.1) is 11.3 Å². The van der Waals surface area contributed by atoms with E-state index >= 15 is 0 Å². The molecule has 6 heteroatoms. The lowest BCUT2D eigenvalue weighted by Gasteiger charge is -2.07. The maximum atomic E-state index is 12.6. The van der Waals surface area contributed by atoms with Crippen molar-refractivity contribution < 1.29 is 9.53 Å². The minimum atomic E-state index is -0.240. The third kappa shape index (κ3) is 4.39. The second kappa shape index (κ2) is 8.59. The number of rotatable bonds is 5. The Morgan fingerprint density at radius 1 is 0.966 bits per heavy atom. The Labute approximate surface area is 181 Å². The molecular formula is C23H17BrN2O2S. The number of hydrogen-bond acceptors (Lipinski definition) is 4. The molecule has 1 heterocycles. The van der Waals surface area contributed by atoms with Gasteiger partial charge in [0.05, 0.1) is 18.4 Å². The van der Waals surface area contributed by atoms with Crippen LogP contribution < -0.4 is 10.1 Å². The van der Waals surface area contributed by atoms with E-state index < -0.39 is 0 Å². The maximum Gasteiger partial charge on any atom is 0.258 e. The zero-order chi connectivity index (χ0) is 20.2. The molecular weight excluding hydrogens is 448 g/mol. The summed E-state index contributed by atoms with van der Waals surface area (Å²) in [6.45, 7) is 0. The fraction of sp³-hybridized carbons (Fsp3) is 0.0435. The lowest BCUT2D eigenvalue weighted by atomic mass is 10.0. The highest BCUT2D eigenvalue weighted by Gasteiger charge is 2.14. The highest BCUT2D eigenvalue weighted by molar-refractivity contribution is 9.10. The van der Waals surface area contributed by atoms with Crippen LogP contribution in [0.5, 0.6) is 5.75 Å². The van der Waals surface area contributed by atoms with Gasteiger partial charge >= 0.3 is 0 Å². The number of carbonyl (C=O) groups excluding carboxylic acids is 1. The van der Waals surface area contributed by atoms with Crippen LogP contribution in [0.15, 0.2) is 82.6 Å². The molecule has 0 saturated heterocycles. The first-order chi connectivity index (χ1) is 14.1. The summed E-state index contributed by atoms with van der Waals surface area (Å²) < 4.78 is 5.90. The van der Waals surface area contributed by atoms with Crippen molar-refractivity contribution in [1.82, 2.24) is 4.98 Å². The summed E-state index contributed by atoms with van der Waals surface area (Å²) in [5.41, 5.74) is 4.65. The molecule has 4 rings (SSSR count). The molecule has 1 N–H and O–H groups in total. The molecule has 144 valence electrons. The molecule has 3 aromatic carbocycles. The van der Waals surface area contributed by atoms with Crippen LogP contribution in [0.4, 0.5) is 5.13 Å². The first-order valence-electron chi connectivity index (χ1n) is 8.90. The first kappa shape index (κ1) is 19.4. The Balaban J connectivity index is 1.51. The summed E-state index contributed by atoms with van der Waals surface area (Å²) >= 11 is 4.80. The normalized spacial score (nSPS) is 10.6. The molecule has 0 bridgehead atoms. The predicted octanol–water partition coefficient (Wildman–Crippen LogP) is 6.50. The van der Waals surface area contributed by atoms with Gasteiger partial charge in [0.15, 0.2) is 5.13 Å². The molecule has 0 spiro atoms. The van der Waals surface area contributed by atoms with Crippen LogP contribution in [-0.2, 0) is 0 Å². The molecule has 0 aliphatic carbocycles. The van der Waals surface area contributed by atoms with Gasteiger partial charge in [-0.2, -0.15) is 0 Å². The van der Waals surface area contributed by atoms with Crippen molar-refractivity contribution >= 4 is 38.3 Å². The smallest absolute Gasteiger partial charge is 0.258 e. The zero-order valence-electron chi connectivity index (χ0n) is 15.6. The number of anilines is 1. The van der Waals surface area contributed by atoms with Crippen molar-refractivity contribution in [2.75, 3.05) is 12.4 Å². The van der Waals surface area contributed by atoms with Crippen LogP contribution >= 0.6 is 27.3 Å². The Morgan fingerprint density at radius 2 is 1.66 bits per heavy atom. The number of amides is 1. The van der Waals surface area contributed by atoms with E-state index in [9.17, 15) is 4.79 Å². The second-order valence-electron chi connectivity index (χ2n) is 6.28. The molecule has 29 heavy (non-hydrogen) atoms. The number of nitrogens with one attached hydrogen (secondary N) is 1. The number of halogens is 1. The fourth-order valence-electron chi connectivity index (χ4n) is 2.90. The van der Waals surface area contributed by atoms with Crippen LogP contribution in [0, 0.1) is 0 Å². The summed E-state index contributed by atoms with van der Waals surface area (Å²) in [4.78, 5) is 17.2. The van der Waals surface area contributed by atoms with Gasteiger partial charge in [0.1, 0.15) is 5.75 Å². The van der Waals surface area contributed by atoms with Gasteiger partial charge in [-0.3, -0.25) is 10.1 Å². The lowest BCUT2D eigenvalue weighted by molar-refractivity contribution is 0.102. The Kier molecular flexibility index (Phi) is 5.74. The van der Waals surface area contributed by atoms with E-state index in [-0.39, 0.29) is 5.91 Å². The standard InChI is InChI=1S/C23H17BrN2O2S/c1-28-18-11-12-20(24)19(13-18)22(27)26-23-25-21(14-29-23)17-9-7-16(8-10-17)15-5-3-2-4-6-15/h2-14H,1H3,(H,25,26,27). The van der Waals surface area contributed by atoms with Gasteiger partial charge < -0.3 is 4.74 Å². The molecule has 0 unspecified atom stereocenters. The van der Waals surface area contributed by atoms with E-state index in [1.165, 1.54) is 16.9 Å². The number of benzene rings is 3. The van der Waals surface area contributed by atoms with Gasteiger partial charge in [-0.05, 0) is 45.3 Å². The maximum absolute atomic E-state index is 12.6. The largest absolute Gasteiger partial charge is 0.497 e. The van der Waals surface area contributed by atoms with Crippen molar-refractivity contribution in [1.29, 1.82) is 0 Å². The molecule has 4 nitrogen and oxygen atoms in total. The van der Waals surface area contributed by atoms with E-state index in [0.29, 0.717) is 20.9 Å². The average molecular weight is 465 g/mol. The van der Waals surface area contributed by atoms with Gasteiger partial charge in [0, 0.05) is 15.4 Å². The Bertz CT molecular complexity index is 1140. The molecule has 0 saturated carbocycles. The van der Waals surface area contributed by atoms with Gasteiger partial charge in [0.25, 0.3) is 5.91 Å². The molecule has 4 aromatic rings. The number of methoxy groups -OCH3 is 1. The molecule has 0 atom stereocenters. The van der Waals surface area contributed by atoms with E-state index in [0.717, 1.165) is 16.8 Å². The minimum Gasteiger partial charge on any atom is -0.497 e. The topological polar surface area (TPSA) is 51.2 Å². The second-order valence-corrected chi connectivity index (χ2v) is 7.99. The predicted molar refractivity (Wildman–Crippen MR) is 122 cm³/mol. The van der Waals surface area contributed by atoms with Crippen molar-refractivity contribution in [3.05, 3.63) is 88.2 Å². The molecule has 0 radical (unpaired) electrons. The van der Waals surface area contributed by atoms with Crippen LogP contribution in [0.2, 0.25) is 0 Å². The highest BCUT2D eigenvalue weighted by Crippen LogP contribution is 2.29. The van der Waals surface area contributed by atoms with Gasteiger partial charge in [-0.25, -0.2) is 4.98 Å². The van der Waals surface area contributed by atoms with Crippen molar-refractivity contribution in [2.24, 2.45) is 0 Å². The summed E-state index contributed by atoms with van der Waals surface area (Å²) in [6, 6.07) is 23.7. The van der Waals surface area contributed by atoms with E-state index in [4.69, 9.17) is 4.74 Å². The van der Waals surface area contributed by atoms with Crippen LogP contribution in [0.25, 0.3) is 22.4 Å². The summed E-state index contributed by atoms with van der Waals surface area (Å²) in [6.07, 6.45) is 0. The number of ether oxygens (including phenoxy) is 1.